The summed E-state index contributed by atoms with van der Waals surface area (Å²) < 4.78 is 10.6. The zero-order chi connectivity index (χ0) is 18.4. The first-order valence-corrected chi connectivity index (χ1v) is 8.30. The smallest absolute Gasteiger partial charge is 0.136 e. The molecule has 2 aromatic carbocycles. The van der Waals surface area contributed by atoms with E-state index in [1.807, 2.05) is 61.5 Å². The average molecular weight is 350 g/mol. The minimum absolute atomic E-state index is 0.610. The van der Waals surface area contributed by atoms with Gasteiger partial charge >= 0.3 is 0 Å². The Hall–Kier alpha value is -3.28. The molecule has 3 rings (SSSR count). The number of hydrogen-bond donors (Lipinski definition) is 2. The van der Waals surface area contributed by atoms with Crippen molar-refractivity contribution in [3.63, 3.8) is 0 Å². The molecule has 1 aromatic heterocycles. The molecule has 6 heteroatoms. The van der Waals surface area contributed by atoms with E-state index >= 15 is 0 Å². The lowest BCUT2D eigenvalue weighted by Gasteiger charge is -2.12. The highest BCUT2D eigenvalue weighted by molar-refractivity contribution is 5.60. The number of rotatable bonds is 7. The molecular formula is C20H22N4O2. The Morgan fingerprint density at radius 1 is 0.885 bits per heavy atom. The second kappa shape index (κ2) is 8.20. The van der Waals surface area contributed by atoms with E-state index in [1.54, 1.807) is 14.2 Å². The lowest BCUT2D eigenvalue weighted by molar-refractivity contribution is 0.410. The summed E-state index contributed by atoms with van der Waals surface area (Å²) in [6.07, 6.45) is 0. The van der Waals surface area contributed by atoms with Gasteiger partial charge in [-0.2, -0.15) is 0 Å². The first-order valence-electron chi connectivity index (χ1n) is 8.30. The van der Waals surface area contributed by atoms with Gasteiger partial charge in [0, 0.05) is 29.9 Å². The summed E-state index contributed by atoms with van der Waals surface area (Å²) in [5.74, 6) is 3.78. The van der Waals surface area contributed by atoms with E-state index in [0.717, 1.165) is 28.6 Å². The molecule has 0 aliphatic carbocycles. The Morgan fingerprint density at radius 2 is 1.69 bits per heavy atom. The quantitative estimate of drug-likeness (QED) is 0.667. The van der Waals surface area contributed by atoms with Crippen LogP contribution in [0.4, 0.5) is 17.3 Å². The number of para-hydroxylation sites is 1. The molecule has 0 radical (unpaired) electrons. The number of methoxy groups -OCH3 is 2. The lowest BCUT2D eigenvalue weighted by Crippen LogP contribution is -2.06. The molecule has 3 aromatic rings. The third-order valence-electron chi connectivity index (χ3n) is 3.83. The highest BCUT2D eigenvalue weighted by atomic mass is 16.5. The number of nitrogens with zero attached hydrogens (tertiary/aromatic N) is 2. The molecule has 0 fully saturated rings. The normalized spacial score (nSPS) is 10.3. The summed E-state index contributed by atoms with van der Waals surface area (Å²) in [5, 5.41) is 6.61. The third-order valence-corrected chi connectivity index (χ3v) is 3.83. The molecule has 1 heterocycles. The number of ether oxygens (including phenoxy) is 2. The monoisotopic (exact) mass is 350 g/mol. The molecule has 0 saturated heterocycles. The van der Waals surface area contributed by atoms with Crippen LogP contribution >= 0.6 is 0 Å². The van der Waals surface area contributed by atoms with Crippen molar-refractivity contribution in [2.45, 2.75) is 13.5 Å². The summed E-state index contributed by atoms with van der Waals surface area (Å²) in [6.45, 7) is 2.48. The average Bonchev–Trinajstić information content (AvgIpc) is 2.66. The van der Waals surface area contributed by atoms with Crippen molar-refractivity contribution < 1.29 is 9.47 Å². The van der Waals surface area contributed by atoms with Gasteiger partial charge in [0.2, 0.25) is 0 Å². The second-order valence-electron chi connectivity index (χ2n) is 5.71. The highest BCUT2D eigenvalue weighted by Gasteiger charge is 2.06. The van der Waals surface area contributed by atoms with Crippen LogP contribution in [0.15, 0.2) is 54.6 Å². The number of aromatic nitrogens is 2. The van der Waals surface area contributed by atoms with Gasteiger partial charge in [-0.1, -0.05) is 24.3 Å². The van der Waals surface area contributed by atoms with Crippen LogP contribution in [-0.4, -0.2) is 24.2 Å². The molecular weight excluding hydrogens is 328 g/mol. The van der Waals surface area contributed by atoms with Crippen LogP contribution in [0, 0.1) is 6.92 Å². The summed E-state index contributed by atoms with van der Waals surface area (Å²) in [6, 6.07) is 17.5. The van der Waals surface area contributed by atoms with Gasteiger partial charge in [0.25, 0.3) is 0 Å². The van der Waals surface area contributed by atoms with Crippen LogP contribution in [0.5, 0.6) is 11.5 Å². The zero-order valence-electron chi connectivity index (χ0n) is 15.1. The molecule has 0 bridgehead atoms. The number of benzene rings is 2. The van der Waals surface area contributed by atoms with Gasteiger partial charge in [-0.05, 0) is 25.1 Å². The largest absolute Gasteiger partial charge is 0.497 e. The van der Waals surface area contributed by atoms with Crippen LogP contribution < -0.4 is 20.1 Å². The van der Waals surface area contributed by atoms with E-state index in [0.29, 0.717) is 18.2 Å². The molecule has 0 unspecified atom stereocenters. The molecule has 0 spiro atoms. The Labute approximate surface area is 153 Å². The molecule has 0 atom stereocenters. The standard InChI is InChI=1S/C20H22N4O2/c1-14-22-19(21-13-15-7-4-5-10-18(15)26-3)12-20(23-14)24-16-8-6-9-17(11-16)25-2/h4-12H,13H2,1-3H3,(H2,21,22,23,24). The van der Waals surface area contributed by atoms with Crippen molar-refractivity contribution in [2.75, 3.05) is 24.9 Å². The fourth-order valence-corrected chi connectivity index (χ4v) is 2.61. The van der Waals surface area contributed by atoms with E-state index in [1.165, 1.54) is 0 Å². The summed E-state index contributed by atoms with van der Waals surface area (Å²) in [5.41, 5.74) is 1.96. The van der Waals surface area contributed by atoms with E-state index in [4.69, 9.17) is 9.47 Å². The third kappa shape index (κ3) is 4.42. The van der Waals surface area contributed by atoms with E-state index in [9.17, 15) is 0 Å². The number of aryl methyl sites for hydroxylation is 1. The van der Waals surface area contributed by atoms with Crippen molar-refractivity contribution >= 4 is 17.3 Å². The summed E-state index contributed by atoms with van der Waals surface area (Å²) in [7, 11) is 3.32. The van der Waals surface area contributed by atoms with E-state index in [-0.39, 0.29) is 0 Å². The number of hydrogen-bond acceptors (Lipinski definition) is 6. The predicted octanol–water partition coefficient (Wildman–Crippen LogP) is 4.16. The van der Waals surface area contributed by atoms with Gasteiger partial charge in [0.1, 0.15) is 29.0 Å². The first-order chi connectivity index (χ1) is 12.7. The molecule has 6 nitrogen and oxygen atoms in total. The number of anilines is 3. The Balaban J connectivity index is 1.75. The highest BCUT2D eigenvalue weighted by Crippen LogP contribution is 2.23. The van der Waals surface area contributed by atoms with Gasteiger partial charge in [-0.15, -0.1) is 0 Å². The van der Waals surface area contributed by atoms with Crippen LogP contribution in [0.1, 0.15) is 11.4 Å². The molecule has 0 amide bonds. The van der Waals surface area contributed by atoms with Crippen LogP contribution in [0.2, 0.25) is 0 Å². The van der Waals surface area contributed by atoms with Crippen LogP contribution in [0.3, 0.4) is 0 Å². The Bertz CT molecular complexity index is 883. The van der Waals surface area contributed by atoms with Crippen molar-refractivity contribution in [2.24, 2.45) is 0 Å². The maximum atomic E-state index is 5.39. The molecule has 26 heavy (non-hydrogen) atoms. The zero-order valence-corrected chi connectivity index (χ0v) is 15.1. The second-order valence-corrected chi connectivity index (χ2v) is 5.71. The van der Waals surface area contributed by atoms with Gasteiger partial charge in [-0.3, -0.25) is 0 Å². The van der Waals surface area contributed by atoms with Crippen molar-refractivity contribution in [3.8, 4) is 11.5 Å². The van der Waals surface area contributed by atoms with E-state index < -0.39 is 0 Å². The maximum Gasteiger partial charge on any atom is 0.136 e. The molecule has 0 aliphatic rings. The fourth-order valence-electron chi connectivity index (χ4n) is 2.61. The lowest BCUT2D eigenvalue weighted by atomic mass is 10.2. The summed E-state index contributed by atoms with van der Waals surface area (Å²) in [4.78, 5) is 8.90. The SMILES string of the molecule is COc1cccc(Nc2cc(NCc3ccccc3OC)nc(C)n2)c1. The van der Waals surface area contributed by atoms with Gasteiger partial charge < -0.3 is 20.1 Å². The van der Waals surface area contributed by atoms with Gasteiger partial charge in [-0.25, -0.2) is 9.97 Å². The van der Waals surface area contributed by atoms with Crippen molar-refractivity contribution in [1.29, 1.82) is 0 Å². The molecule has 0 aliphatic heterocycles. The van der Waals surface area contributed by atoms with Crippen LogP contribution in [-0.2, 0) is 6.54 Å². The molecule has 134 valence electrons. The first kappa shape index (κ1) is 17.5. The van der Waals surface area contributed by atoms with E-state index in [2.05, 4.69) is 20.6 Å². The fraction of sp³-hybridized carbons (Fsp3) is 0.200. The Morgan fingerprint density at radius 3 is 2.50 bits per heavy atom. The van der Waals surface area contributed by atoms with Gasteiger partial charge in [0.05, 0.1) is 14.2 Å². The Kier molecular flexibility index (Phi) is 5.53. The van der Waals surface area contributed by atoms with Gasteiger partial charge in [0.15, 0.2) is 0 Å². The maximum absolute atomic E-state index is 5.39. The predicted molar refractivity (Wildman–Crippen MR) is 103 cm³/mol. The molecule has 2 N–H and O–H groups in total. The molecule has 0 saturated carbocycles. The minimum atomic E-state index is 0.610. The van der Waals surface area contributed by atoms with Crippen molar-refractivity contribution in [3.05, 3.63) is 66.0 Å². The van der Waals surface area contributed by atoms with Crippen LogP contribution in [0.25, 0.3) is 0 Å². The minimum Gasteiger partial charge on any atom is -0.497 e. The topological polar surface area (TPSA) is 68.3 Å². The summed E-state index contributed by atoms with van der Waals surface area (Å²) >= 11 is 0. The number of nitrogens with one attached hydrogen (secondary N) is 2. The van der Waals surface area contributed by atoms with Crippen molar-refractivity contribution in [1.82, 2.24) is 9.97 Å².